The molecule has 0 radical (unpaired) electrons. The Morgan fingerprint density at radius 1 is 1.29 bits per heavy atom. The van der Waals surface area contributed by atoms with E-state index in [9.17, 15) is 4.79 Å². The molecule has 2 heterocycles. The fraction of sp³-hybridized carbons (Fsp3) is 0.250. The Labute approximate surface area is 140 Å². The maximum Gasteiger partial charge on any atom is 0.261 e. The molecule has 0 aliphatic carbocycles. The van der Waals surface area contributed by atoms with Gasteiger partial charge in [-0.25, -0.2) is 0 Å². The average molecular weight is 320 g/mol. The Morgan fingerprint density at radius 2 is 2.17 bits per heavy atom. The Balaban J connectivity index is 1.36. The number of rotatable bonds is 4. The van der Waals surface area contributed by atoms with E-state index in [0.717, 1.165) is 23.3 Å². The zero-order valence-electron chi connectivity index (χ0n) is 13.6. The molecular formula is C20H20N2O2. The van der Waals surface area contributed by atoms with Gasteiger partial charge in [-0.1, -0.05) is 29.8 Å². The number of amides is 1. The largest absolute Gasteiger partial charge is 0.480 e. The smallest absolute Gasteiger partial charge is 0.261 e. The van der Waals surface area contributed by atoms with Crippen LogP contribution in [0.3, 0.4) is 0 Å². The normalized spacial score (nSPS) is 16.0. The molecule has 0 saturated carbocycles. The van der Waals surface area contributed by atoms with Crippen molar-refractivity contribution in [3.8, 4) is 5.75 Å². The lowest BCUT2D eigenvalue weighted by Crippen LogP contribution is -2.38. The van der Waals surface area contributed by atoms with E-state index >= 15 is 0 Å². The van der Waals surface area contributed by atoms with Gasteiger partial charge >= 0.3 is 0 Å². The molecule has 3 aromatic rings. The first-order valence-corrected chi connectivity index (χ1v) is 8.29. The molecule has 2 N–H and O–H groups in total. The highest BCUT2D eigenvalue weighted by atomic mass is 16.5. The predicted molar refractivity (Wildman–Crippen MR) is 94.3 cm³/mol. The number of fused-ring (bicyclic) bond motifs is 2. The molecule has 1 atom stereocenters. The van der Waals surface area contributed by atoms with Crippen molar-refractivity contribution in [1.82, 2.24) is 10.3 Å². The van der Waals surface area contributed by atoms with Crippen LogP contribution in [-0.2, 0) is 17.6 Å². The molecule has 4 heteroatoms. The van der Waals surface area contributed by atoms with E-state index in [1.165, 1.54) is 16.5 Å². The van der Waals surface area contributed by atoms with Crippen LogP contribution in [0, 0.1) is 6.92 Å². The van der Waals surface area contributed by atoms with Crippen molar-refractivity contribution in [3.63, 3.8) is 0 Å². The van der Waals surface area contributed by atoms with Gasteiger partial charge in [0, 0.05) is 30.1 Å². The molecule has 0 bridgehead atoms. The van der Waals surface area contributed by atoms with Gasteiger partial charge < -0.3 is 15.0 Å². The van der Waals surface area contributed by atoms with E-state index in [1.54, 1.807) is 0 Å². The summed E-state index contributed by atoms with van der Waals surface area (Å²) >= 11 is 0. The van der Waals surface area contributed by atoms with Gasteiger partial charge in [0.05, 0.1) is 0 Å². The summed E-state index contributed by atoms with van der Waals surface area (Å²) in [5, 5.41) is 4.23. The second-order valence-electron chi connectivity index (χ2n) is 6.32. The highest BCUT2D eigenvalue weighted by Crippen LogP contribution is 2.28. The number of H-pyrrole nitrogens is 1. The summed E-state index contributed by atoms with van der Waals surface area (Å²) in [6.45, 7) is 2.70. The summed E-state index contributed by atoms with van der Waals surface area (Å²) in [6.07, 6.45) is 3.06. The van der Waals surface area contributed by atoms with Crippen LogP contribution in [0.25, 0.3) is 10.9 Å². The summed E-state index contributed by atoms with van der Waals surface area (Å²) in [5.41, 5.74) is 4.70. The van der Waals surface area contributed by atoms with Gasteiger partial charge in [0.1, 0.15) is 5.75 Å². The first kappa shape index (κ1) is 14.8. The Bertz CT molecular complexity index is 873. The van der Waals surface area contributed by atoms with Crippen LogP contribution in [0.5, 0.6) is 5.75 Å². The molecule has 4 rings (SSSR count). The number of nitrogens with one attached hydrogen (secondary N) is 2. The molecule has 0 fully saturated rings. The minimum atomic E-state index is -0.410. The van der Waals surface area contributed by atoms with E-state index in [2.05, 4.69) is 35.4 Å². The van der Waals surface area contributed by atoms with Crippen LogP contribution in [0.4, 0.5) is 0 Å². The monoisotopic (exact) mass is 320 g/mol. The molecule has 1 aromatic heterocycles. The lowest BCUT2D eigenvalue weighted by Gasteiger charge is -2.11. The van der Waals surface area contributed by atoms with Crippen molar-refractivity contribution in [2.24, 2.45) is 0 Å². The highest BCUT2D eigenvalue weighted by Gasteiger charge is 2.28. The Hall–Kier alpha value is -2.75. The van der Waals surface area contributed by atoms with Crippen LogP contribution in [0.1, 0.15) is 16.7 Å². The predicted octanol–water partition coefficient (Wildman–Crippen LogP) is 3.14. The van der Waals surface area contributed by atoms with Gasteiger partial charge in [0.25, 0.3) is 5.91 Å². The molecule has 4 nitrogen and oxygen atoms in total. The van der Waals surface area contributed by atoms with Crippen molar-refractivity contribution in [3.05, 3.63) is 65.4 Å². The zero-order chi connectivity index (χ0) is 16.5. The number of hydrogen-bond acceptors (Lipinski definition) is 2. The summed E-state index contributed by atoms with van der Waals surface area (Å²) in [7, 11) is 0. The molecule has 0 saturated heterocycles. The number of para-hydroxylation sites is 1. The van der Waals surface area contributed by atoms with Gasteiger partial charge in [-0.15, -0.1) is 0 Å². The van der Waals surface area contributed by atoms with Gasteiger partial charge in [0.2, 0.25) is 0 Å². The lowest BCUT2D eigenvalue weighted by atomic mass is 10.1. The molecular weight excluding hydrogens is 300 g/mol. The number of hydrogen-bond donors (Lipinski definition) is 2. The molecule has 1 aliphatic rings. The molecule has 2 aromatic carbocycles. The van der Waals surface area contributed by atoms with Gasteiger partial charge in [-0.2, -0.15) is 0 Å². The van der Waals surface area contributed by atoms with Crippen LogP contribution >= 0.6 is 0 Å². The van der Waals surface area contributed by atoms with E-state index in [4.69, 9.17) is 4.74 Å². The summed E-state index contributed by atoms with van der Waals surface area (Å²) in [4.78, 5) is 15.6. The van der Waals surface area contributed by atoms with Gasteiger partial charge in [-0.3, -0.25) is 4.79 Å². The van der Waals surface area contributed by atoms with Crippen molar-refractivity contribution >= 4 is 16.8 Å². The molecule has 24 heavy (non-hydrogen) atoms. The maximum atomic E-state index is 12.3. The number of aromatic nitrogens is 1. The standard InChI is InChI=1S/C20H20N2O2/c1-13-6-7-17-16(10-13)15(12-22-17)8-9-21-20(23)19-11-14-4-2-3-5-18(14)24-19/h2-7,10,12,19,22H,8-9,11H2,1H3,(H,21,23)/t19-/m1/s1. The maximum absolute atomic E-state index is 12.3. The number of aryl methyl sites for hydroxylation is 1. The van der Waals surface area contributed by atoms with E-state index in [-0.39, 0.29) is 5.91 Å². The Kier molecular flexibility index (Phi) is 3.73. The first-order valence-electron chi connectivity index (χ1n) is 8.29. The number of ether oxygens (including phenoxy) is 1. The second-order valence-corrected chi connectivity index (χ2v) is 6.32. The minimum absolute atomic E-state index is 0.0396. The molecule has 1 aliphatic heterocycles. The average Bonchev–Trinajstić information content (AvgIpc) is 3.18. The highest BCUT2D eigenvalue weighted by molar-refractivity contribution is 5.84. The van der Waals surface area contributed by atoms with Crippen molar-refractivity contribution in [2.75, 3.05) is 6.54 Å². The number of benzene rings is 2. The van der Waals surface area contributed by atoms with Crippen molar-refractivity contribution in [2.45, 2.75) is 25.9 Å². The second kappa shape index (κ2) is 6.04. The lowest BCUT2D eigenvalue weighted by molar-refractivity contribution is -0.127. The van der Waals surface area contributed by atoms with Crippen molar-refractivity contribution < 1.29 is 9.53 Å². The first-order chi connectivity index (χ1) is 11.7. The van der Waals surface area contributed by atoms with Crippen molar-refractivity contribution in [1.29, 1.82) is 0 Å². The van der Waals surface area contributed by atoms with Gasteiger partial charge in [-0.05, 0) is 42.7 Å². The van der Waals surface area contributed by atoms with Crippen LogP contribution in [0.2, 0.25) is 0 Å². The van der Waals surface area contributed by atoms with E-state index in [0.29, 0.717) is 13.0 Å². The molecule has 122 valence electrons. The molecule has 1 amide bonds. The van der Waals surface area contributed by atoms with Crippen LogP contribution in [-0.4, -0.2) is 23.5 Å². The van der Waals surface area contributed by atoms with Crippen LogP contribution in [0.15, 0.2) is 48.7 Å². The summed E-state index contributed by atoms with van der Waals surface area (Å²) in [6, 6.07) is 14.2. The minimum Gasteiger partial charge on any atom is -0.480 e. The SMILES string of the molecule is Cc1ccc2[nH]cc(CCNC(=O)[C@H]3Cc4ccccc4O3)c2c1. The van der Waals surface area contributed by atoms with Gasteiger partial charge in [0.15, 0.2) is 6.10 Å². The number of aromatic amines is 1. The van der Waals surface area contributed by atoms with E-state index < -0.39 is 6.10 Å². The van der Waals surface area contributed by atoms with E-state index in [1.807, 2.05) is 30.5 Å². The number of carbonyl (C=O) groups excluding carboxylic acids is 1. The zero-order valence-corrected chi connectivity index (χ0v) is 13.6. The molecule has 0 unspecified atom stereocenters. The summed E-state index contributed by atoms with van der Waals surface area (Å²) < 4.78 is 5.72. The fourth-order valence-corrected chi connectivity index (χ4v) is 3.26. The summed E-state index contributed by atoms with van der Waals surface area (Å²) in [5.74, 6) is 0.784. The fourth-order valence-electron chi connectivity index (χ4n) is 3.26. The molecule has 0 spiro atoms. The third kappa shape index (κ3) is 2.75. The van der Waals surface area contributed by atoms with Crippen LogP contribution < -0.4 is 10.1 Å². The Morgan fingerprint density at radius 3 is 3.04 bits per heavy atom. The third-order valence-corrected chi connectivity index (χ3v) is 4.56. The topological polar surface area (TPSA) is 54.1 Å². The third-order valence-electron chi connectivity index (χ3n) is 4.56. The number of carbonyl (C=O) groups is 1. The quantitative estimate of drug-likeness (QED) is 0.776.